The maximum absolute atomic E-state index is 15.0. The standard InChI is InChI=1S/C26H27FN2O5/c1-32-21-14-13-17(16-23(21)33-2)24(25(30)28-18-8-3-4-9-18)29(20-11-6-5-10-19(20)27)26(31)22-12-7-15-34-22/h5-7,10-16,18,24H,3-4,8-9H2,1-2H3,(H,28,30). The molecule has 34 heavy (non-hydrogen) atoms. The first-order valence-corrected chi connectivity index (χ1v) is 11.2. The number of hydrogen-bond donors (Lipinski definition) is 1. The lowest BCUT2D eigenvalue weighted by atomic mass is 10.0. The lowest BCUT2D eigenvalue weighted by Gasteiger charge is -2.32. The van der Waals surface area contributed by atoms with E-state index in [0.29, 0.717) is 17.1 Å². The second-order valence-electron chi connectivity index (χ2n) is 8.11. The van der Waals surface area contributed by atoms with E-state index < -0.39 is 23.7 Å². The summed E-state index contributed by atoms with van der Waals surface area (Å²) >= 11 is 0. The lowest BCUT2D eigenvalue weighted by Crippen LogP contribution is -2.46. The molecule has 1 fully saturated rings. The highest BCUT2D eigenvalue weighted by Gasteiger charge is 2.37. The number of hydrogen-bond acceptors (Lipinski definition) is 5. The Hall–Kier alpha value is -3.81. The quantitative estimate of drug-likeness (QED) is 0.512. The Labute approximate surface area is 197 Å². The van der Waals surface area contributed by atoms with Crippen LogP contribution in [0.1, 0.15) is 47.8 Å². The summed E-state index contributed by atoms with van der Waals surface area (Å²) in [5.74, 6) is -0.851. The molecular weight excluding hydrogens is 439 g/mol. The monoisotopic (exact) mass is 466 g/mol. The highest BCUT2D eigenvalue weighted by molar-refractivity contribution is 6.08. The molecule has 0 spiro atoms. The smallest absolute Gasteiger partial charge is 0.295 e. The fourth-order valence-corrected chi connectivity index (χ4v) is 4.32. The highest BCUT2D eigenvalue weighted by Crippen LogP contribution is 2.36. The maximum atomic E-state index is 15.0. The van der Waals surface area contributed by atoms with E-state index in [1.807, 2.05) is 0 Å². The number of carbonyl (C=O) groups excluding carboxylic acids is 2. The van der Waals surface area contributed by atoms with E-state index in [9.17, 15) is 9.59 Å². The minimum atomic E-state index is -1.19. The number of ether oxygens (including phenoxy) is 2. The molecule has 178 valence electrons. The number of benzene rings is 2. The topological polar surface area (TPSA) is 81.0 Å². The second-order valence-corrected chi connectivity index (χ2v) is 8.11. The lowest BCUT2D eigenvalue weighted by molar-refractivity contribution is -0.123. The number of nitrogens with one attached hydrogen (secondary N) is 1. The van der Waals surface area contributed by atoms with Crippen molar-refractivity contribution in [1.29, 1.82) is 0 Å². The Bertz CT molecular complexity index is 1140. The molecule has 1 aliphatic carbocycles. The molecule has 1 saturated carbocycles. The largest absolute Gasteiger partial charge is 0.493 e. The van der Waals surface area contributed by atoms with Crippen molar-refractivity contribution in [2.45, 2.75) is 37.8 Å². The van der Waals surface area contributed by atoms with Gasteiger partial charge in [0.2, 0.25) is 5.91 Å². The summed E-state index contributed by atoms with van der Waals surface area (Å²) in [6.07, 6.45) is 5.12. The molecule has 1 aromatic heterocycles. The molecule has 2 amide bonds. The van der Waals surface area contributed by atoms with Crippen LogP contribution in [0, 0.1) is 5.82 Å². The van der Waals surface area contributed by atoms with Crippen LogP contribution in [0.3, 0.4) is 0 Å². The zero-order valence-corrected chi connectivity index (χ0v) is 19.1. The van der Waals surface area contributed by atoms with Gasteiger partial charge in [0.1, 0.15) is 11.9 Å². The third-order valence-corrected chi connectivity index (χ3v) is 5.99. The second kappa shape index (κ2) is 10.4. The van der Waals surface area contributed by atoms with Gasteiger partial charge in [-0.05, 0) is 54.8 Å². The predicted octanol–water partition coefficient (Wildman–Crippen LogP) is 4.88. The van der Waals surface area contributed by atoms with Gasteiger partial charge in [-0.1, -0.05) is 31.0 Å². The molecule has 0 radical (unpaired) electrons. The van der Waals surface area contributed by atoms with Crippen molar-refractivity contribution >= 4 is 17.5 Å². The number of nitrogens with zero attached hydrogens (tertiary/aromatic N) is 1. The van der Waals surface area contributed by atoms with Crippen LogP contribution in [0.15, 0.2) is 65.3 Å². The first kappa shape index (κ1) is 23.4. The van der Waals surface area contributed by atoms with Crippen LogP contribution in [0.2, 0.25) is 0 Å². The molecule has 7 nitrogen and oxygen atoms in total. The minimum Gasteiger partial charge on any atom is -0.493 e. The summed E-state index contributed by atoms with van der Waals surface area (Å²) in [6.45, 7) is 0. The molecule has 1 unspecified atom stereocenters. The van der Waals surface area contributed by atoms with E-state index >= 15 is 4.39 Å². The van der Waals surface area contributed by atoms with E-state index in [-0.39, 0.29) is 17.5 Å². The minimum absolute atomic E-state index is 0.00340. The Morgan fingerprint density at radius 2 is 1.76 bits per heavy atom. The van der Waals surface area contributed by atoms with Crippen LogP contribution in [-0.2, 0) is 4.79 Å². The summed E-state index contributed by atoms with van der Waals surface area (Å²) in [7, 11) is 2.99. The molecular formula is C26H27FN2O5. The van der Waals surface area contributed by atoms with Crippen LogP contribution in [0.25, 0.3) is 0 Å². The van der Waals surface area contributed by atoms with Gasteiger partial charge in [-0.2, -0.15) is 0 Å². The van der Waals surface area contributed by atoms with Gasteiger partial charge >= 0.3 is 0 Å². The van der Waals surface area contributed by atoms with Crippen molar-refractivity contribution in [1.82, 2.24) is 5.32 Å². The first-order valence-electron chi connectivity index (χ1n) is 11.2. The Kier molecular flexibility index (Phi) is 7.15. The molecule has 8 heteroatoms. The normalized spacial score (nSPS) is 14.4. The number of furan rings is 1. The van der Waals surface area contributed by atoms with Gasteiger partial charge in [0, 0.05) is 6.04 Å². The van der Waals surface area contributed by atoms with Crippen molar-refractivity contribution in [2.75, 3.05) is 19.1 Å². The van der Waals surface area contributed by atoms with E-state index in [0.717, 1.165) is 30.6 Å². The van der Waals surface area contributed by atoms with Gasteiger partial charge in [-0.3, -0.25) is 14.5 Å². The summed E-state index contributed by atoms with van der Waals surface area (Å²) in [5, 5.41) is 3.06. The molecule has 1 heterocycles. The molecule has 0 saturated heterocycles. The molecule has 3 aromatic rings. The van der Waals surface area contributed by atoms with Crippen molar-refractivity contribution < 1.29 is 27.9 Å². The Morgan fingerprint density at radius 3 is 2.41 bits per heavy atom. The van der Waals surface area contributed by atoms with Crippen molar-refractivity contribution in [3.63, 3.8) is 0 Å². The van der Waals surface area contributed by atoms with E-state index in [1.54, 1.807) is 30.3 Å². The van der Waals surface area contributed by atoms with Gasteiger partial charge in [-0.25, -0.2) is 4.39 Å². The summed E-state index contributed by atoms with van der Waals surface area (Å²) in [5.41, 5.74) is 0.404. The molecule has 4 rings (SSSR count). The van der Waals surface area contributed by atoms with Crippen molar-refractivity contribution in [2.24, 2.45) is 0 Å². The average molecular weight is 467 g/mol. The van der Waals surface area contributed by atoms with Crippen molar-refractivity contribution in [3.8, 4) is 11.5 Å². The summed E-state index contributed by atoms with van der Waals surface area (Å²) < 4.78 is 31.1. The zero-order valence-electron chi connectivity index (χ0n) is 19.1. The van der Waals surface area contributed by atoms with Gasteiger partial charge in [0.05, 0.1) is 26.2 Å². The summed E-state index contributed by atoms with van der Waals surface area (Å²) in [6, 6.07) is 12.7. The average Bonchev–Trinajstić information content (AvgIpc) is 3.57. The first-order chi connectivity index (χ1) is 16.5. The fraction of sp³-hybridized carbons (Fsp3) is 0.308. The number of anilines is 1. The van der Waals surface area contributed by atoms with Crippen LogP contribution < -0.4 is 19.7 Å². The van der Waals surface area contributed by atoms with Gasteiger partial charge in [0.25, 0.3) is 5.91 Å². The number of rotatable bonds is 8. The van der Waals surface area contributed by atoms with E-state index in [1.165, 1.54) is 44.7 Å². The number of para-hydroxylation sites is 1. The molecule has 1 aliphatic rings. The zero-order chi connectivity index (χ0) is 24.1. The number of methoxy groups -OCH3 is 2. The van der Waals surface area contributed by atoms with Gasteiger partial charge < -0.3 is 19.2 Å². The molecule has 1 atom stereocenters. The van der Waals surface area contributed by atoms with Crippen molar-refractivity contribution in [3.05, 3.63) is 78.0 Å². The third kappa shape index (κ3) is 4.76. The van der Waals surface area contributed by atoms with E-state index in [4.69, 9.17) is 13.9 Å². The predicted molar refractivity (Wildman–Crippen MR) is 125 cm³/mol. The SMILES string of the molecule is COc1ccc(C(C(=O)NC2CCCC2)N(C(=O)c2ccco2)c2ccccc2F)cc1OC. The molecule has 0 aliphatic heterocycles. The Balaban J connectivity index is 1.86. The number of halogens is 1. The molecule has 0 bridgehead atoms. The molecule has 2 aromatic carbocycles. The summed E-state index contributed by atoms with van der Waals surface area (Å²) in [4.78, 5) is 28.5. The third-order valence-electron chi connectivity index (χ3n) is 5.99. The van der Waals surface area contributed by atoms with Crippen LogP contribution in [0.5, 0.6) is 11.5 Å². The van der Waals surface area contributed by atoms with E-state index in [2.05, 4.69) is 5.32 Å². The van der Waals surface area contributed by atoms with Crippen LogP contribution in [-0.4, -0.2) is 32.1 Å². The highest BCUT2D eigenvalue weighted by atomic mass is 19.1. The molecule has 1 N–H and O–H groups in total. The Morgan fingerprint density at radius 1 is 1.03 bits per heavy atom. The maximum Gasteiger partial charge on any atom is 0.295 e. The van der Waals surface area contributed by atoms with Crippen LogP contribution in [0.4, 0.5) is 10.1 Å². The van der Waals surface area contributed by atoms with Gasteiger partial charge in [0.15, 0.2) is 17.3 Å². The number of carbonyl (C=O) groups is 2. The van der Waals surface area contributed by atoms with Crippen LogP contribution >= 0.6 is 0 Å². The fourth-order valence-electron chi connectivity index (χ4n) is 4.32. The van der Waals surface area contributed by atoms with Gasteiger partial charge in [-0.15, -0.1) is 0 Å². The number of amides is 2.